The smallest absolute Gasteiger partial charge is 0.221 e. The van der Waals surface area contributed by atoms with Crippen LogP contribution in [0.4, 0.5) is 0 Å². The number of nitrogens with two attached hydrogens (primary N) is 1. The van der Waals surface area contributed by atoms with Crippen molar-refractivity contribution in [1.29, 1.82) is 0 Å². The van der Waals surface area contributed by atoms with E-state index in [4.69, 9.17) is 10.8 Å². The zero-order chi connectivity index (χ0) is 12.4. The van der Waals surface area contributed by atoms with Crippen molar-refractivity contribution >= 4 is 5.91 Å². The van der Waals surface area contributed by atoms with E-state index in [1.54, 1.807) is 0 Å². The molecule has 5 N–H and O–H groups in total. The lowest BCUT2D eigenvalue weighted by Crippen LogP contribution is -2.42. The molecule has 1 atom stereocenters. The zero-order valence-electron chi connectivity index (χ0n) is 10.3. The van der Waals surface area contributed by atoms with Gasteiger partial charge in [-0.25, -0.2) is 0 Å². The van der Waals surface area contributed by atoms with Crippen molar-refractivity contribution in [3.63, 3.8) is 0 Å². The fourth-order valence-electron chi connectivity index (χ4n) is 1.39. The highest BCUT2D eigenvalue weighted by molar-refractivity contribution is 5.76. The highest BCUT2D eigenvalue weighted by atomic mass is 16.2. The zero-order valence-corrected chi connectivity index (χ0v) is 10.3. The van der Waals surface area contributed by atoms with Crippen molar-refractivity contribution in [2.24, 2.45) is 5.73 Å². The first-order valence-corrected chi connectivity index (χ1v) is 5.93. The minimum atomic E-state index is 0.0254. The Morgan fingerprint density at radius 3 is 2.56 bits per heavy atom. The predicted octanol–water partition coefficient (Wildman–Crippen LogP) is -0.409. The number of aliphatic hydroxyl groups excluding tert-OH is 1. The second-order valence-corrected chi connectivity index (χ2v) is 4.24. The normalized spacial score (nSPS) is 12.8. The first kappa shape index (κ1) is 15.3. The molecule has 0 aliphatic carbocycles. The van der Waals surface area contributed by atoms with Gasteiger partial charge in [-0.1, -0.05) is 0 Å². The third-order valence-electron chi connectivity index (χ3n) is 2.18. The number of aliphatic hydroxyl groups is 1. The van der Waals surface area contributed by atoms with Crippen molar-refractivity contribution in [1.82, 2.24) is 10.6 Å². The largest absolute Gasteiger partial charge is 0.396 e. The van der Waals surface area contributed by atoms with Crippen LogP contribution in [-0.4, -0.2) is 42.8 Å². The molecule has 0 aromatic heterocycles. The van der Waals surface area contributed by atoms with Crippen LogP contribution in [0.25, 0.3) is 0 Å². The molecule has 0 saturated carbocycles. The molecule has 0 aromatic rings. The Morgan fingerprint density at radius 2 is 2.06 bits per heavy atom. The van der Waals surface area contributed by atoms with Crippen LogP contribution >= 0.6 is 0 Å². The summed E-state index contributed by atoms with van der Waals surface area (Å²) in [4.78, 5) is 11.5. The molecule has 1 amide bonds. The van der Waals surface area contributed by atoms with Gasteiger partial charge in [0.25, 0.3) is 0 Å². The lowest BCUT2D eigenvalue weighted by atomic mass is 10.2. The summed E-state index contributed by atoms with van der Waals surface area (Å²) < 4.78 is 0. The number of hydrogen-bond acceptors (Lipinski definition) is 4. The number of carbonyl (C=O) groups excluding carboxylic acids is 1. The van der Waals surface area contributed by atoms with Crippen LogP contribution in [0.15, 0.2) is 0 Å². The third-order valence-corrected chi connectivity index (χ3v) is 2.18. The van der Waals surface area contributed by atoms with Gasteiger partial charge in [0, 0.05) is 31.7 Å². The molecule has 0 aliphatic rings. The van der Waals surface area contributed by atoms with E-state index in [-0.39, 0.29) is 24.6 Å². The van der Waals surface area contributed by atoms with E-state index in [0.717, 1.165) is 19.4 Å². The molecule has 0 fully saturated rings. The first-order valence-electron chi connectivity index (χ1n) is 5.93. The summed E-state index contributed by atoms with van der Waals surface area (Å²) in [5.41, 5.74) is 5.57. The molecular weight excluding hydrogens is 206 g/mol. The Kier molecular flexibility index (Phi) is 9.18. The molecule has 5 heteroatoms. The molecule has 0 rings (SSSR count). The Balaban J connectivity index is 3.69. The molecule has 1 unspecified atom stereocenters. The van der Waals surface area contributed by atoms with Gasteiger partial charge in [0.1, 0.15) is 0 Å². The molecule has 0 radical (unpaired) electrons. The molecule has 0 spiro atoms. The second-order valence-electron chi connectivity index (χ2n) is 4.24. The maximum absolute atomic E-state index is 11.5. The molecule has 5 nitrogen and oxygen atoms in total. The number of rotatable bonds is 9. The molecule has 0 aliphatic heterocycles. The van der Waals surface area contributed by atoms with Gasteiger partial charge in [0.15, 0.2) is 0 Å². The summed E-state index contributed by atoms with van der Waals surface area (Å²) in [5, 5.41) is 14.7. The Bertz CT molecular complexity index is 186. The summed E-state index contributed by atoms with van der Waals surface area (Å²) in [6.45, 7) is 5.32. The Morgan fingerprint density at radius 1 is 1.38 bits per heavy atom. The standard InChI is InChI=1S/C11H25N3O2/c1-9(2)14-11(16)7-10(8-12)13-5-3-4-6-15/h9-10,13,15H,3-8,12H2,1-2H3,(H,14,16). The predicted molar refractivity (Wildman–Crippen MR) is 65.1 cm³/mol. The van der Waals surface area contributed by atoms with Gasteiger partial charge in [-0.05, 0) is 33.2 Å². The van der Waals surface area contributed by atoms with Crippen molar-refractivity contribution < 1.29 is 9.90 Å². The molecular formula is C11H25N3O2. The van der Waals surface area contributed by atoms with Crippen molar-refractivity contribution in [2.75, 3.05) is 19.7 Å². The quantitative estimate of drug-likeness (QED) is 0.406. The van der Waals surface area contributed by atoms with Crippen LogP contribution < -0.4 is 16.4 Å². The molecule has 0 saturated heterocycles. The Hall–Kier alpha value is -0.650. The molecule has 96 valence electrons. The van der Waals surface area contributed by atoms with Crippen LogP contribution in [0.5, 0.6) is 0 Å². The molecule has 0 bridgehead atoms. The van der Waals surface area contributed by atoms with Gasteiger partial charge >= 0.3 is 0 Å². The third kappa shape index (κ3) is 8.64. The van der Waals surface area contributed by atoms with Gasteiger partial charge in [-0.3, -0.25) is 4.79 Å². The van der Waals surface area contributed by atoms with Crippen LogP contribution in [0, 0.1) is 0 Å². The van der Waals surface area contributed by atoms with Crippen molar-refractivity contribution in [3.8, 4) is 0 Å². The first-order chi connectivity index (χ1) is 7.60. The number of unbranched alkanes of at least 4 members (excludes halogenated alkanes) is 1. The van der Waals surface area contributed by atoms with Crippen LogP contribution in [-0.2, 0) is 4.79 Å². The summed E-state index contributed by atoms with van der Waals surface area (Å²) in [7, 11) is 0. The number of hydrogen-bond donors (Lipinski definition) is 4. The Labute approximate surface area is 97.8 Å². The maximum Gasteiger partial charge on any atom is 0.221 e. The van der Waals surface area contributed by atoms with Gasteiger partial charge in [0.2, 0.25) is 5.91 Å². The number of nitrogens with one attached hydrogen (secondary N) is 2. The fourth-order valence-corrected chi connectivity index (χ4v) is 1.39. The van der Waals surface area contributed by atoms with E-state index in [0.29, 0.717) is 13.0 Å². The monoisotopic (exact) mass is 231 g/mol. The summed E-state index contributed by atoms with van der Waals surface area (Å²) in [6.07, 6.45) is 2.09. The number of amides is 1. The number of carbonyl (C=O) groups is 1. The topological polar surface area (TPSA) is 87.4 Å². The van der Waals surface area contributed by atoms with Gasteiger partial charge in [0.05, 0.1) is 0 Å². The van der Waals surface area contributed by atoms with Crippen LogP contribution in [0.1, 0.15) is 33.1 Å². The minimum Gasteiger partial charge on any atom is -0.396 e. The minimum absolute atomic E-state index is 0.0254. The van der Waals surface area contributed by atoms with E-state index in [1.807, 2.05) is 13.8 Å². The van der Waals surface area contributed by atoms with E-state index in [2.05, 4.69) is 10.6 Å². The van der Waals surface area contributed by atoms with E-state index in [9.17, 15) is 4.79 Å². The lowest BCUT2D eigenvalue weighted by molar-refractivity contribution is -0.122. The highest BCUT2D eigenvalue weighted by Crippen LogP contribution is 1.93. The fraction of sp³-hybridized carbons (Fsp3) is 0.909. The van der Waals surface area contributed by atoms with Crippen molar-refractivity contribution in [2.45, 2.75) is 45.2 Å². The van der Waals surface area contributed by atoms with Gasteiger partial charge in [-0.2, -0.15) is 0 Å². The molecule has 0 heterocycles. The van der Waals surface area contributed by atoms with Crippen molar-refractivity contribution in [3.05, 3.63) is 0 Å². The lowest BCUT2D eigenvalue weighted by Gasteiger charge is -2.17. The van der Waals surface area contributed by atoms with Gasteiger partial charge < -0.3 is 21.5 Å². The van der Waals surface area contributed by atoms with E-state index in [1.165, 1.54) is 0 Å². The van der Waals surface area contributed by atoms with E-state index < -0.39 is 0 Å². The highest BCUT2D eigenvalue weighted by Gasteiger charge is 2.11. The average molecular weight is 231 g/mol. The maximum atomic E-state index is 11.5. The second kappa shape index (κ2) is 9.57. The molecule has 0 aromatic carbocycles. The van der Waals surface area contributed by atoms with Crippen LogP contribution in [0.3, 0.4) is 0 Å². The summed E-state index contributed by atoms with van der Waals surface area (Å²) in [5.74, 6) is 0.0279. The SMILES string of the molecule is CC(C)NC(=O)CC(CN)NCCCCO. The summed E-state index contributed by atoms with van der Waals surface area (Å²) >= 11 is 0. The summed E-state index contributed by atoms with van der Waals surface area (Å²) in [6, 6.07) is 0.192. The van der Waals surface area contributed by atoms with Gasteiger partial charge in [-0.15, -0.1) is 0 Å². The van der Waals surface area contributed by atoms with E-state index >= 15 is 0 Å². The average Bonchev–Trinajstić information content (AvgIpc) is 2.21. The van der Waals surface area contributed by atoms with Crippen LogP contribution in [0.2, 0.25) is 0 Å². The molecule has 16 heavy (non-hydrogen) atoms.